The van der Waals surface area contributed by atoms with Gasteiger partial charge in [-0.15, -0.1) is 0 Å². The predicted octanol–water partition coefficient (Wildman–Crippen LogP) is 1.75. The van der Waals surface area contributed by atoms with E-state index >= 15 is 0 Å². The minimum atomic E-state index is 0.451. The molecule has 0 bridgehead atoms. The van der Waals surface area contributed by atoms with Gasteiger partial charge in [-0.25, -0.2) is 4.98 Å². The number of nitrogens with one attached hydrogen (secondary N) is 1. The number of aromatic nitrogens is 2. The van der Waals surface area contributed by atoms with E-state index in [-0.39, 0.29) is 0 Å². The first kappa shape index (κ1) is 9.71. The van der Waals surface area contributed by atoms with Crippen LogP contribution in [0.15, 0.2) is 6.33 Å². The number of fused-ring (bicyclic) bond motifs is 1. The lowest BCUT2D eigenvalue weighted by molar-refractivity contribution is 0.383. The summed E-state index contributed by atoms with van der Waals surface area (Å²) in [6, 6.07) is 0.451. The maximum atomic E-state index is 4.53. The zero-order chi connectivity index (χ0) is 10.1. The van der Waals surface area contributed by atoms with Crippen molar-refractivity contribution in [2.45, 2.75) is 39.8 Å². The van der Waals surface area contributed by atoms with Crippen LogP contribution >= 0.6 is 0 Å². The zero-order valence-corrected chi connectivity index (χ0v) is 9.25. The highest BCUT2D eigenvalue weighted by molar-refractivity contribution is 5.21. The van der Waals surface area contributed by atoms with Crippen LogP contribution in [-0.2, 0) is 13.0 Å². The summed E-state index contributed by atoms with van der Waals surface area (Å²) in [4.78, 5) is 4.53. The van der Waals surface area contributed by atoms with E-state index in [1.807, 2.05) is 6.33 Å². The van der Waals surface area contributed by atoms with E-state index in [0.29, 0.717) is 12.0 Å². The predicted molar refractivity (Wildman–Crippen MR) is 57.2 cm³/mol. The third-order valence-electron chi connectivity index (χ3n) is 3.01. The fraction of sp³-hybridized carbons (Fsp3) is 0.727. The molecule has 1 N–H and O–H groups in total. The smallest absolute Gasteiger partial charge is 0.0952 e. The molecule has 0 amide bonds. The molecular weight excluding hydrogens is 174 g/mol. The van der Waals surface area contributed by atoms with Crippen molar-refractivity contribution in [3.8, 4) is 0 Å². The van der Waals surface area contributed by atoms with Crippen LogP contribution in [0.3, 0.4) is 0 Å². The average molecular weight is 193 g/mol. The molecule has 3 nitrogen and oxygen atoms in total. The maximum absolute atomic E-state index is 4.53. The molecule has 0 fully saturated rings. The normalized spacial score (nSPS) is 21.3. The quantitative estimate of drug-likeness (QED) is 0.775. The van der Waals surface area contributed by atoms with Crippen molar-refractivity contribution in [1.82, 2.24) is 14.9 Å². The Balaban J connectivity index is 2.36. The van der Waals surface area contributed by atoms with Crippen LogP contribution < -0.4 is 5.32 Å². The number of hydrogen-bond acceptors (Lipinski definition) is 2. The molecule has 0 aliphatic carbocycles. The molecule has 0 aromatic carbocycles. The SMILES string of the molecule is CCn1cnc2c1CCNC2C(C)C. The molecule has 2 rings (SSSR count). The van der Waals surface area contributed by atoms with Gasteiger partial charge in [0.15, 0.2) is 0 Å². The van der Waals surface area contributed by atoms with Crippen molar-refractivity contribution in [2.24, 2.45) is 5.92 Å². The fourth-order valence-electron chi connectivity index (χ4n) is 2.22. The third-order valence-corrected chi connectivity index (χ3v) is 3.01. The molecule has 1 aromatic rings. The van der Waals surface area contributed by atoms with Gasteiger partial charge in [0.1, 0.15) is 0 Å². The Morgan fingerprint density at radius 2 is 2.43 bits per heavy atom. The van der Waals surface area contributed by atoms with Crippen molar-refractivity contribution >= 4 is 0 Å². The molecule has 1 aliphatic heterocycles. The molecular formula is C11H19N3. The monoisotopic (exact) mass is 193 g/mol. The van der Waals surface area contributed by atoms with Crippen LogP contribution in [0.25, 0.3) is 0 Å². The number of nitrogens with zero attached hydrogens (tertiary/aromatic N) is 2. The van der Waals surface area contributed by atoms with E-state index < -0.39 is 0 Å². The molecule has 0 spiro atoms. The van der Waals surface area contributed by atoms with Gasteiger partial charge in [-0.05, 0) is 12.8 Å². The lowest BCUT2D eigenvalue weighted by Crippen LogP contribution is -2.33. The summed E-state index contributed by atoms with van der Waals surface area (Å²) in [6.45, 7) is 8.79. The second kappa shape index (κ2) is 3.73. The third kappa shape index (κ3) is 1.46. The summed E-state index contributed by atoms with van der Waals surface area (Å²) < 4.78 is 2.27. The van der Waals surface area contributed by atoms with Gasteiger partial charge in [0.25, 0.3) is 0 Å². The van der Waals surface area contributed by atoms with Gasteiger partial charge in [0.2, 0.25) is 0 Å². The van der Waals surface area contributed by atoms with Gasteiger partial charge >= 0.3 is 0 Å². The van der Waals surface area contributed by atoms with Gasteiger partial charge in [-0.2, -0.15) is 0 Å². The van der Waals surface area contributed by atoms with E-state index in [1.54, 1.807) is 0 Å². The van der Waals surface area contributed by atoms with E-state index in [2.05, 4.69) is 35.6 Å². The lowest BCUT2D eigenvalue weighted by Gasteiger charge is -2.27. The minimum absolute atomic E-state index is 0.451. The van der Waals surface area contributed by atoms with Crippen LogP contribution in [0, 0.1) is 5.92 Å². The Morgan fingerprint density at radius 1 is 1.64 bits per heavy atom. The standard InChI is InChI=1S/C11H19N3/c1-4-14-7-13-11-9(14)5-6-12-10(11)8(2)3/h7-8,10,12H,4-6H2,1-3H3. The van der Waals surface area contributed by atoms with E-state index in [9.17, 15) is 0 Å². The van der Waals surface area contributed by atoms with Crippen LogP contribution in [-0.4, -0.2) is 16.1 Å². The average Bonchev–Trinajstić information content (AvgIpc) is 2.59. The Kier molecular flexibility index (Phi) is 2.59. The zero-order valence-electron chi connectivity index (χ0n) is 9.25. The topological polar surface area (TPSA) is 29.9 Å². The number of rotatable bonds is 2. The molecule has 14 heavy (non-hydrogen) atoms. The molecule has 1 aromatic heterocycles. The van der Waals surface area contributed by atoms with Crippen molar-refractivity contribution in [3.05, 3.63) is 17.7 Å². The van der Waals surface area contributed by atoms with Crippen molar-refractivity contribution in [1.29, 1.82) is 0 Å². The van der Waals surface area contributed by atoms with Crippen LogP contribution in [0.5, 0.6) is 0 Å². The summed E-state index contributed by atoms with van der Waals surface area (Å²) in [5.41, 5.74) is 2.71. The molecule has 0 radical (unpaired) electrons. The van der Waals surface area contributed by atoms with Gasteiger partial charge in [0, 0.05) is 25.2 Å². The van der Waals surface area contributed by atoms with E-state index in [0.717, 1.165) is 19.5 Å². The summed E-state index contributed by atoms with van der Waals surface area (Å²) in [6.07, 6.45) is 3.10. The summed E-state index contributed by atoms with van der Waals surface area (Å²) in [7, 11) is 0. The molecule has 0 saturated heterocycles. The van der Waals surface area contributed by atoms with Crippen LogP contribution in [0.1, 0.15) is 38.2 Å². The summed E-state index contributed by atoms with van der Waals surface area (Å²) in [5.74, 6) is 0.620. The number of imidazole rings is 1. The Labute approximate surface area is 85.5 Å². The van der Waals surface area contributed by atoms with Crippen LogP contribution in [0.4, 0.5) is 0 Å². The van der Waals surface area contributed by atoms with Crippen molar-refractivity contribution < 1.29 is 0 Å². The Bertz CT molecular complexity index is 314. The van der Waals surface area contributed by atoms with Gasteiger partial charge in [-0.1, -0.05) is 13.8 Å². The first-order valence-corrected chi connectivity index (χ1v) is 5.51. The highest BCUT2D eigenvalue weighted by atomic mass is 15.1. The summed E-state index contributed by atoms with van der Waals surface area (Å²) in [5, 5.41) is 3.54. The second-order valence-electron chi connectivity index (χ2n) is 4.29. The second-order valence-corrected chi connectivity index (χ2v) is 4.29. The molecule has 1 aliphatic rings. The Morgan fingerprint density at radius 3 is 3.07 bits per heavy atom. The molecule has 3 heteroatoms. The first-order valence-electron chi connectivity index (χ1n) is 5.51. The van der Waals surface area contributed by atoms with Crippen LogP contribution in [0.2, 0.25) is 0 Å². The molecule has 2 heterocycles. The van der Waals surface area contributed by atoms with Crippen molar-refractivity contribution in [2.75, 3.05) is 6.54 Å². The fourth-order valence-corrected chi connectivity index (χ4v) is 2.22. The number of hydrogen-bond donors (Lipinski definition) is 1. The molecule has 1 atom stereocenters. The minimum Gasteiger partial charge on any atom is -0.334 e. The molecule has 78 valence electrons. The maximum Gasteiger partial charge on any atom is 0.0952 e. The molecule has 0 saturated carbocycles. The van der Waals surface area contributed by atoms with Gasteiger partial charge in [-0.3, -0.25) is 0 Å². The number of aryl methyl sites for hydroxylation is 1. The highest BCUT2D eigenvalue weighted by Gasteiger charge is 2.25. The van der Waals surface area contributed by atoms with Gasteiger partial charge < -0.3 is 9.88 Å². The largest absolute Gasteiger partial charge is 0.334 e. The lowest BCUT2D eigenvalue weighted by atomic mass is 9.95. The first-order chi connectivity index (χ1) is 6.74. The van der Waals surface area contributed by atoms with Crippen molar-refractivity contribution in [3.63, 3.8) is 0 Å². The van der Waals surface area contributed by atoms with Gasteiger partial charge in [0.05, 0.1) is 18.1 Å². The van der Waals surface area contributed by atoms with E-state index in [4.69, 9.17) is 0 Å². The highest BCUT2D eigenvalue weighted by Crippen LogP contribution is 2.27. The molecule has 1 unspecified atom stereocenters. The van der Waals surface area contributed by atoms with E-state index in [1.165, 1.54) is 11.4 Å². The Hall–Kier alpha value is -0.830. The summed E-state index contributed by atoms with van der Waals surface area (Å²) >= 11 is 0.